The summed E-state index contributed by atoms with van der Waals surface area (Å²) in [5.41, 5.74) is 3.55. The molecule has 0 spiro atoms. The molecule has 5 nitrogen and oxygen atoms in total. The highest BCUT2D eigenvalue weighted by Crippen LogP contribution is 2.27. The number of hydrogen-bond donors (Lipinski definition) is 1. The van der Waals surface area contributed by atoms with Gasteiger partial charge in [0.2, 0.25) is 11.8 Å². The number of aryl methyl sites for hydroxylation is 1. The molecule has 158 valence electrons. The van der Waals surface area contributed by atoms with Crippen molar-refractivity contribution in [3.63, 3.8) is 0 Å². The van der Waals surface area contributed by atoms with Crippen molar-refractivity contribution in [1.82, 2.24) is 10.2 Å². The summed E-state index contributed by atoms with van der Waals surface area (Å²) >= 11 is 0. The van der Waals surface area contributed by atoms with Crippen LogP contribution in [-0.2, 0) is 22.6 Å². The Morgan fingerprint density at radius 1 is 0.967 bits per heavy atom. The molecule has 0 saturated carbocycles. The first-order valence-electron chi connectivity index (χ1n) is 11.1. The molecule has 30 heavy (non-hydrogen) atoms. The molecule has 2 heterocycles. The molecule has 1 N–H and O–H groups in total. The van der Waals surface area contributed by atoms with E-state index in [1.165, 1.54) is 11.1 Å². The first-order valence-corrected chi connectivity index (χ1v) is 11.1. The van der Waals surface area contributed by atoms with E-state index in [-0.39, 0.29) is 17.7 Å². The van der Waals surface area contributed by atoms with Gasteiger partial charge in [-0.05, 0) is 49.4 Å². The second-order valence-electron chi connectivity index (χ2n) is 8.38. The third kappa shape index (κ3) is 5.08. The fourth-order valence-electron chi connectivity index (χ4n) is 4.62. The van der Waals surface area contributed by atoms with Gasteiger partial charge >= 0.3 is 0 Å². The molecule has 0 bridgehead atoms. The van der Waals surface area contributed by atoms with Crippen molar-refractivity contribution >= 4 is 17.5 Å². The maximum absolute atomic E-state index is 12.7. The molecule has 2 amide bonds. The Kier molecular flexibility index (Phi) is 6.80. The lowest BCUT2D eigenvalue weighted by Crippen LogP contribution is -2.44. The molecule has 2 aliphatic rings. The van der Waals surface area contributed by atoms with E-state index in [0.29, 0.717) is 13.0 Å². The summed E-state index contributed by atoms with van der Waals surface area (Å²) in [5, 5.41) is 3.02. The zero-order valence-electron chi connectivity index (χ0n) is 17.6. The average molecular weight is 406 g/mol. The minimum absolute atomic E-state index is 0.00766. The predicted molar refractivity (Wildman–Crippen MR) is 119 cm³/mol. The third-order valence-corrected chi connectivity index (χ3v) is 6.17. The zero-order valence-corrected chi connectivity index (χ0v) is 17.6. The molecule has 5 heteroatoms. The van der Waals surface area contributed by atoms with E-state index in [9.17, 15) is 9.59 Å². The molecule has 0 radical (unpaired) electrons. The Hall–Kier alpha value is -2.66. The number of rotatable bonds is 6. The summed E-state index contributed by atoms with van der Waals surface area (Å²) in [7, 11) is 0. The number of anilines is 1. The van der Waals surface area contributed by atoms with Gasteiger partial charge in [-0.2, -0.15) is 0 Å². The zero-order chi connectivity index (χ0) is 20.8. The molecule has 0 aliphatic carbocycles. The number of benzene rings is 2. The summed E-state index contributed by atoms with van der Waals surface area (Å²) in [6.45, 7) is 3.88. The van der Waals surface area contributed by atoms with E-state index in [2.05, 4.69) is 40.5 Å². The lowest BCUT2D eigenvalue weighted by atomic mass is 9.96. The molecule has 0 aromatic heterocycles. The van der Waals surface area contributed by atoms with E-state index >= 15 is 0 Å². The maximum atomic E-state index is 12.7. The van der Waals surface area contributed by atoms with Crippen LogP contribution in [0.4, 0.5) is 5.69 Å². The number of nitrogens with zero attached hydrogens (tertiary/aromatic N) is 2. The van der Waals surface area contributed by atoms with Gasteiger partial charge in [0.05, 0.1) is 5.92 Å². The molecule has 4 rings (SSSR count). The van der Waals surface area contributed by atoms with Crippen LogP contribution in [0.25, 0.3) is 0 Å². The predicted octanol–water partition coefficient (Wildman–Crippen LogP) is 3.38. The van der Waals surface area contributed by atoms with Gasteiger partial charge in [-0.25, -0.2) is 0 Å². The van der Waals surface area contributed by atoms with E-state index in [1.54, 1.807) is 0 Å². The van der Waals surface area contributed by atoms with Gasteiger partial charge in [-0.15, -0.1) is 0 Å². The lowest BCUT2D eigenvalue weighted by molar-refractivity contribution is -0.126. The van der Waals surface area contributed by atoms with Crippen LogP contribution in [-0.4, -0.2) is 42.9 Å². The highest BCUT2D eigenvalue weighted by Gasteiger charge is 2.26. The maximum Gasteiger partial charge on any atom is 0.228 e. The van der Waals surface area contributed by atoms with Crippen LogP contribution in [0.15, 0.2) is 54.6 Å². The van der Waals surface area contributed by atoms with Gasteiger partial charge in [-0.1, -0.05) is 48.5 Å². The minimum atomic E-state index is 0.00766. The molecule has 1 fully saturated rings. The number of piperidine rings is 1. The number of amides is 2. The van der Waals surface area contributed by atoms with E-state index in [1.807, 2.05) is 29.2 Å². The van der Waals surface area contributed by atoms with Crippen molar-refractivity contribution in [3.8, 4) is 0 Å². The second kappa shape index (κ2) is 9.90. The van der Waals surface area contributed by atoms with Crippen molar-refractivity contribution in [2.45, 2.75) is 38.6 Å². The highest BCUT2D eigenvalue weighted by molar-refractivity contribution is 5.95. The summed E-state index contributed by atoms with van der Waals surface area (Å²) in [5.74, 6) is 0.185. The minimum Gasteiger partial charge on any atom is -0.355 e. The Morgan fingerprint density at radius 2 is 1.77 bits per heavy atom. The standard InChI is InChI=1S/C25H31N3O2/c29-24(28-17-7-11-21-10-4-5-13-23(21)28)14-15-26-25(30)22-12-6-16-27(19-22)18-20-8-2-1-3-9-20/h1-5,8-10,13,22H,6-7,11-12,14-19H2,(H,26,30)/t22-/m1/s1. The first-order chi connectivity index (χ1) is 14.7. The van der Waals surface area contributed by atoms with Crippen molar-refractivity contribution in [3.05, 3.63) is 65.7 Å². The summed E-state index contributed by atoms with van der Waals surface area (Å²) in [6, 6.07) is 18.5. The number of likely N-dealkylation sites (tertiary alicyclic amines) is 1. The topological polar surface area (TPSA) is 52.7 Å². The molecule has 2 aromatic rings. The number of carbonyl (C=O) groups excluding carboxylic acids is 2. The molecule has 1 saturated heterocycles. The number of nitrogens with one attached hydrogen (secondary N) is 1. The van der Waals surface area contributed by atoms with Crippen LogP contribution < -0.4 is 10.2 Å². The van der Waals surface area contributed by atoms with Crippen molar-refractivity contribution in [2.24, 2.45) is 5.92 Å². The molecule has 0 unspecified atom stereocenters. The van der Waals surface area contributed by atoms with Crippen LogP contribution >= 0.6 is 0 Å². The van der Waals surface area contributed by atoms with E-state index in [0.717, 1.165) is 57.5 Å². The third-order valence-electron chi connectivity index (χ3n) is 6.17. The van der Waals surface area contributed by atoms with Gasteiger partial charge in [0, 0.05) is 38.3 Å². The number of carbonyl (C=O) groups is 2. The van der Waals surface area contributed by atoms with E-state index in [4.69, 9.17) is 0 Å². The SMILES string of the molecule is O=C(NCCC(=O)N1CCCc2ccccc21)[C@@H]1CCCN(Cc2ccccc2)C1. The Balaban J connectivity index is 1.24. The van der Waals surface area contributed by atoms with Gasteiger partial charge in [0.1, 0.15) is 0 Å². The molecule has 2 aliphatic heterocycles. The first kappa shape index (κ1) is 20.6. The number of hydrogen-bond acceptors (Lipinski definition) is 3. The fourth-order valence-corrected chi connectivity index (χ4v) is 4.62. The van der Waals surface area contributed by atoms with Crippen molar-refractivity contribution in [2.75, 3.05) is 31.1 Å². The lowest BCUT2D eigenvalue weighted by Gasteiger charge is -2.32. The van der Waals surface area contributed by atoms with Gasteiger partial charge in [0.15, 0.2) is 0 Å². The summed E-state index contributed by atoms with van der Waals surface area (Å²) < 4.78 is 0. The molecular formula is C25H31N3O2. The monoisotopic (exact) mass is 405 g/mol. The molecule has 2 aromatic carbocycles. The Bertz CT molecular complexity index is 868. The Morgan fingerprint density at radius 3 is 2.63 bits per heavy atom. The van der Waals surface area contributed by atoms with Crippen molar-refractivity contribution in [1.29, 1.82) is 0 Å². The average Bonchev–Trinajstić information content (AvgIpc) is 2.79. The van der Waals surface area contributed by atoms with Crippen LogP contribution in [0, 0.1) is 5.92 Å². The normalized spacial score (nSPS) is 19.2. The fraction of sp³-hybridized carbons (Fsp3) is 0.440. The molecule has 1 atom stereocenters. The van der Waals surface area contributed by atoms with Crippen LogP contribution in [0.5, 0.6) is 0 Å². The van der Waals surface area contributed by atoms with Crippen LogP contribution in [0.2, 0.25) is 0 Å². The van der Waals surface area contributed by atoms with Gasteiger partial charge < -0.3 is 10.2 Å². The summed E-state index contributed by atoms with van der Waals surface area (Å²) in [6.07, 6.45) is 4.33. The van der Waals surface area contributed by atoms with Gasteiger partial charge in [0.25, 0.3) is 0 Å². The Labute approximate surface area is 179 Å². The van der Waals surface area contributed by atoms with Crippen LogP contribution in [0.3, 0.4) is 0 Å². The quantitative estimate of drug-likeness (QED) is 0.802. The van der Waals surface area contributed by atoms with Gasteiger partial charge in [-0.3, -0.25) is 14.5 Å². The number of fused-ring (bicyclic) bond motifs is 1. The largest absolute Gasteiger partial charge is 0.355 e. The second-order valence-corrected chi connectivity index (χ2v) is 8.38. The molecular weight excluding hydrogens is 374 g/mol. The highest BCUT2D eigenvalue weighted by atomic mass is 16.2. The van der Waals surface area contributed by atoms with E-state index < -0.39 is 0 Å². The summed E-state index contributed by atoms with van der Waals surface area (Å²) in [4.78, 5) is 29.7. The van der Waals surface area contributed by atoms with Crippen LogP contribution in [0.1, 0.15) is 36.8 Å². The van der Waals surface area contributed by atoms with Crippen molar-refractivity contribution < 1.29 is 9.59 Å². The number of para-hydroxylation sites is 1. The smallest absolute Gasteiger partial charge is 0.228 e.